The molecule has 0 saturated heterocycles. The molecule has 0 aromatic rings. The van der Waals surface area contributed by atoms with Gasteiger partial charge in [-0.3, -0.25) is 9.59 Å². The number of carbonyl (C=O) groups excluding carboxylic acids is 2. The van der Waals surface area contributed by atoms with E-state index in [0.717, 1.165) is 44.1 Å². The van der Waals surface area contributed by atoms with E-state index in [2.05, 4.69) is 32.1 Å². The van der Waals surface area contributed by atoms with Crippen LogP contribution >= 0.6 is 0 Å². The normalized spacial score (nSPS) is 39.0. The third-order valence-corrected chi connectivity index (χ3v) is 11.2. The van der Waals surface area contributed by atoms with Crippen LogP contribution in [-0.4, -0.2) is 18.0 Å². The molecular weight excluding hydrogens is 492 g/mol. The molecule has 5 aliphatic rings. The maximum Gasteiger partial charge on any atom is 0.307 e. The van der Waals surface area contributed by atoms with Gasteiger partial charge in [0, 0.05) is 32.6 Å². The van der Waals surface area contributed by atoms with Crippen molar-refractivity contribution in [1.29, 1.82) is 21.0 Å². The molecular formula is C31H34N4O4. The standard InChI is InChI=1S/C31H34N4O4/c1-18(36)38-21-7-9-28(3)20(11-21)5-6-22-23(28)8-10-29(4)24(22)12-25-27(29)26(39-19(2)37)13-30(14-32,15-33)31(25,16-34)17-35/h5,21-25H,6-13H2,1-4H3/t21-,22+,23-,24-,25-,28-,29-/m0/s1. The molecule has 0 aromatic heterocycles. The van der Waals surface area contributed by atoms with E-state index in [0.29, 0.717) is 18.1 Å². The minimum Gasteiger partial charge on any atom is -0.462 e. The molecule has 3 saturated carbocycles. The predicted molar refractivity (Wildman–Crippen MR) is 137 cm³/mol. The van der Waals surface area contributed by atoms with Gasteiger partial charge in [0.25, 0.3) is 0 Å². The Hall–Kier alpha value is -3.62. The molecule has 0 amide bonds. The number of nitriles is 4. The van der Waals surface area contributed by atoms with Crippen LogP contribution < -0.4 is 0 Å². The second-order valence-electron chi connectivity index (χ2n) is 12.7. The second-order valence-corrected chi connectivity index (χ2v) is 12.7. The lowest BCUT2D eigenvalue weighted by molar-refractivity contribution is -0.148. The molecule has 0 radical (unpaired) electrons. The number of fused-ring (bicyclic) bond motifs is 7. The highest BCUT2D eigenvalue weighted by molar-refractivity contribution is 5.68. The molecule has 7 atom stereocenters. The highest BCUT2D eigenvalue weighted by Gasteiger charge is 2.71. The summed E-state index contributed by atoms with van der Waals surface area (Å²) in [5.74, 6) is -0.361. The Labute approximate surface area is 229 Å². The summed E-state index contributed by atoms with van der Waals surface area (Å²) in [6, 6.07) is 8.31. The van der Waals surface area contributed by atoms with E-state index >= 15 is 0 Å². The van der Waals surface area contributed by atoms with Crippen molar-refractivity contribution < 1.29 is 19.1 Å². The molecule has 0 unspecified atom stereocenters. The van der Waals surface area contributed by atoms with Gasteiger partial charge in [0.15, 0.2) is 10.8 Å². The maximum atomic E-state index is 12.2. The molecule has 39 heavy (non-hydrogen) atoms. The minimum absolute atomic E-state index is 0.0215. The summed E-state index contributed by atoms with van der Waals surface area (Å²) in [4.78, 5) is 23.8. The Morgan fingerprint density at radius 1 is 0.923 bits per heavy atom. The van der Waals surface area contributed by atoms with Crippen LogP contribution in [0.15, 0.2) is 23.0 Å². The topological polar surface area (TPSA) is 148 Å². The third kappa shape index (κ3) is 3.51. The van der Waals surface area contributed by atoms with Crippen molar-refractivity contribution in [2.45, 2.75) is 85.2 Å². The minimum atomic E-state index is -1.93. The average Bonchev–Trinajstić information content (AvgIpc) is 3.22. The van der Waals surface area contributed by atoms with Gasteiger partial charge >= 0.3 is 11.9 Å². The van der Waals surface area contributed by atoms with Crippen molar-refractivity contribution in [2.24, 2.45) is 45.3 Å². The summed E-state index contributed by atoms with van der Waals surface area (Å²) in [7, 11) is 0. The van der Waals surface area contributed by atoms with Crippen LogP contribution in [0.4, 0.5) is 0 Å². The number of carbonyl (C=O) groups is 2. The Bertz CT molecular complexity index is 1340. The van der Waals surface area contributed by atoms with Gasteiger partial charge in [-0.1, -0.05) is 25.5 Å². The fourth-order valence-electron chi connectivity index (χ4n) is 9.42. The first-order chi connectivity index (χ1) is 18.4. The van der Waals surface area contributed by atoms with Crippen LogP contribution in [0.25, 0.3) is 0 Å². The lowest BCUT2D eigenvalue weighted by Gasteiger charge is -2.57. The van der Waals surface area contributed by atoms with Gasteiger partial charge < -0.3 is 9.47 Å². The fourth-order valence-corrected chi connectivity index (χ4v) is 9.42. The van der Waals surface area contributed by atoms with Gasteiger partial charge in [-0.05, 0) is 72.7 Å². The molecule has 3 fully saturated rings. The highest BCUT2D eigenvalue weighted by Crippen LogP contribution is 2.72. The van der Waals surface area contributed by atoms with Gasteiger partial charge in [0.2, 0.25) is 0 Å². The number of ether oxygens (including phenoxy) is 2. The molecule has 0 bridgehead atoms. The van der Waals surface area contributed by atoms with Crippen molar-refractivity contribution in [3.8, 4) is 24.3 Å². The lowest BCUT2D eigenvalue weighted by Crippen LogP contribution is -2.50. The number of rotatable bonds is 2. The zero-order valence-electron chi connectivity index (χ0n) is 23.0. The first kappa shape index (κ1) is 27.0. The van der Waals surface area contributed by atoms with E-state index in [1.54, 1.807) is 0 Å². The molecule has 0 N–H and O–H groups in total. The highest BCUT2D eigenvalue weighted by atomic mass is 16.5. The first-order valence-corrected chi connectivity index (χ1v) is 13.9. The van der Waals surface area contributed by atoms with Gasteiger partial charge in [0.1, 0.15) is 11.9 Å². The van der Waals surface area contributed by atoms with E-state index in [9.17, 15) is 30.6 Å². The molecule has 0 aromatic carbocycles. The molecule has 8 heteroatoms. The number of allylic oxidation sites excluding steroid dienone is 3. The summed E-state index contributed by atoms with van der Waals surface area (Å²) in [5.41, 5.74) is -2.07. The Balaban J connectivity index is 1.60. The van der Waals surface area contributed by atoms with E-state index in [1.807, 2.05) is 12.1 Å². The van der Waals surface area contributed by atoms with Crippen LogP contribution in [0.1, 0.15) is 79.1 Å². The van der Waals surface area contributed by atoms with E-state index in [-0.39, 0.29) is 35.7 Å². The van der Waals surface area contributed by atoms with Crippen LogP contribution in [-0.2, 0) is 19.1 Å². The van der Waals surface area contributed by atoms with Crippen molar-refractivity contribution >= 4 is 11.9 Å². The monoisotopic (exact) mass is 526 g/mol. The second kappa shape index (κ2) is 8.96. The van der Waals surface area contributed by atoms with Crippen molar-refractivity contribution in [1.82, 2.24) is 0 Å². The Kier molecular flexibility index (Phi) is 6.20. The van der Waals surface area contributed by atoms with Crippen LogP contribution in [0.2, 0.25) is 0 Å². The van der Waals surface area contributed by atoms with Gasteiger partial charge in [-0.15, -0.1) is 0 Å². The van der Waals surface area contributed by atoms with Crippen LogP contribution in [0.5, 0.6) is 0 Å². The van der Waals surface area contributed by atoms with Crippen LogP contribution in [0, 0.1) is 90.7 Å². The van der Waals surface area contributed by atoms with Crippen molar-refractivity contribution in [2.75, 3.05) is 0 Å². The largest absolute Gasteiger partial charge is 0.462 e. The maximum absolute atomic E-state index is 12.2. The number of hydrogen-bond acceptors (Lipinski definition) is 8. The average molecular weight is 527 g/mol. The van der Waals surface area contributed by atoms with E-state index < -0.39 is 28.1 Å². The Morgan fingerprint density at radius 3 is 2.18 bits per heavy atom. The van der Waals surface area contributed by atoms with Gasteiger partial charge in [-0.25, -0.2) is 0 Å². The molecule has 8 nitrogen and oxygen atoms in total. The summed E-state index contributed by atoms with van der Waals surface area (Å²) < 4.78 is 11.3. The fraction of sp³-hybridized carbons (Fsp3) is 0.677. The summed E-state index contributed by atoms with van der Waals surface area (Å²) in [6.07, 6.45) is 7.59. The van der Waals surface area contributed by atoms with Crippen LogP contribution in [0.3, 0.4) is 0 Å². The number of esters is 2. The molecule has 0 heterocycles. The molecule has 5 rings (SSSR count). The van der Waals surface area contributed by atoms with Crippen molar-refractivity contribution in [3.63, 3.8) is 0 Å². The third-order valence-electron chi connectivity index (χ3n) is 11.2. The molecule has 202 valence electrons. The molecule has 0 aliphatic heterocycles. The quantitative estimate of drug-likeness (QED) is 0.343. The zero-order chi connectivity index (χ0) is 28.4. The van der Waals surface area contributed by atoms with Crippen molar-refractivity contribution in [3.05, 3.63) is 23.0 Å². The first-order valence-electron chi connectivity index (χ1n) is 13.9. The predicted octanol–water partition coefficient (Wildman–Crippen LogP) is 5.40. The zero-order valence-corrected chi connectivity index (χ0v) is 23.0. The van der Waals surface area contributed by atoms with Gasteiger partial charge in [-0.2, -0.15) is 21.0 Å². The smallest absolute Gasteiger partial charge is 0.307 e. The molecule has 0 spiro atoms. The van der Waals surface area contributed by atoms with E-state index in [4.69, 9.17) is 9.47 Å². The number of hydrogen-bond donors (Lipinski definition) is 0. The molecule has 5 aliphatic carbocycles. The summed E-state index contributed by atoms with van der Waals surface area (Å²) in [6.45, 7) is 7.25. The number of nitrogens with zero attached hydrogens (tertiary/aromatic N) is 4. The lowest BCUT2D eigenvalue weighted by atomic mass is 9.47. The summed E-state index contributed by atoms with van der Waals surface area (Å²) >= 11 is 0. The summed E-state index contributed by atoms with van der Waals surface area (Å²) in [5, 5.41) is 41.2. The SMILES string of the molecule is CC(=O)OC1=C2[C@H](C[C@H]3[C@@H]4CC=C5C[C@@H](OC(C)=O)CC[C@]5(C)[C@H]4CC[C@]23C)C(C#N)(C#N)C(C#N)(C#N)C1. The van der Waals surface area contributed by atoms with Gasteiger partial charge in [0.05, 0.1) is 24.3 Å². The Morgan fingerprint density at radius 2 is 1.59 bits per heavy atom. The van der Waals surface area contributed by atoms with E-state index in [1.165, 1.54) is 19.4 Å².